The van der Waals surface area contributed by atoms with Crippen LogP contribution >= 0.6 is 0 Å². The molecular weight excluding hydrogens is 382 g/mol. The minimum atomic E-state index is -0.462. The molecular formula is C24H19NO5. The van der Waals surface area contributed by atoms with Gasteiger partial charge < -0.3 is 9.47 Å². The largest absolute Gasteiger partial charge is 0.497 e. The quantitative estimate of drug-likeness (QED) is 0.357. The molecule has 0 atom stereocenters. The molecule has 2 amide bonds. The van der Waals surface area contributed by atoms with E-state index in [0.29, 0.717) is 34.6 Å². The van der Waals surface area contributed by atoms with E-state index in [1.807, 2.05) is 12.1 Å². The number of fused-ring (bicyclic) bond motifs is 1. The first-order valence-corrected chi connectivity index (χ1v) is 9.47. The number of carbonyl (C=O) groups excluding carboxylic acids is 3. The maximum atomic E-state index is 12.4. The van der Waals surface area contributed by atoms with Crippen LogP contribution in [0.3, 0.4) is 0 Å². The molecule has 0 N–H and O–H groups in total. The lowest BCUT2D eigenvalue weighted by atomic mass is 10.1. The lowest BCUT2D eigenvalue weighted by Crippen LogP contribution is -2.31. The molecule has 1 aliphatic rings. The fourth-order valence-electron chi connectivity index (χ4n) is 3.30. The van der Waals surface area contributed by atoms with E-state index in [2.05, 4.69) is 0 Å². The number of carbonyl (C=O) groups is 3. The summed E-state index contributed by atoms with van der Waals surface area (Å²) < 4.78 is 10.5. The van der Waals surface area contributed by atoms with Gasteiger partial charge in [0, 0.05) is 6.54 Å². The van der Waals surface area contributed by atoms with E-state index in [0.717, 1.165) is 5.56 Å². The van der Waals surface area contributed by atoms with Crippen LogP contribution in [0.1, 0.15) is 36.6 Å². The van der Waals surface area contributed by atoms with Crippen molar-refractivity contribution in [2.45, 2.75) is 6.42 Å². The summed E-state index contributed by atoms with van der Waals surface area (Å²) in [4.78, 5) is 38.3. The van der Waals surface area contributed by atoms with Crippen molar-refractivity contribution in [3.05, 3.63) is 95.1 Å². The number of esters is 1. The average molecular weight is 401 g/mol. The van der Waals surface area contributed by atoms with E-state index in [1.54, 1.807) is 67.8 Å². The van der Waals surface area contributed by atoms with Gasteiger partial charge in [-0.25, -0.2) is 4.79 Å². The summed E-state index contributed by atoms with van der Waals surface area (Å²) in [5.74, 6) is 0.0898. The van der Waals surface area contributed by atoms with Gasteiger partial charge in [0.25, 0.3) is 11.8 Å². The zero-order valence-corrected chi connectivity index (χ0v) is 16.3. The van der Waals surface area contributed by atoms with Gasteiger partial charge in [0.15, 0.2) is 0 Å². The molecule has 6 nitrogen and oxygen atoms in total. The topological polar surface area (TPSA) is 72.9 Å². The van der Waals surface area contributed by atoms with Crippen LogP contribution in [-0.4, -0.2) is 36.3 Å². The second-order valence-electron chi connectivity index (χ2n) is 6.82. The zero-order valence-electron chi connectivity index (χ0n) is 16.3. The third kappa shape index (κ3) is 3.80. The van der Waals surface area contributed by atoms with Crippen molar-refractivity contribution in [3.63, 3.8) is 0 Å². The highest BCUT2D eigenvalue weighted by molar-refractivity contribution is 6.21. The van der Waals surface area contributed by atoms with E-state index < -0.39 is 5.97 Å². The number of benzene rings is 3. The fourth-order valence-corrected chi connectivity index (χ4v) is 3.30. The van der Waals surface area contributed by atoms with Crippen LogP contribution in [-0.2, 0) is 6.42 Å². The molecule has 0 radical (unpaired) electrons. The van der Waals surface area contributed by atoms with Crippen LogP contribution < -0.4 is 9.47 Å². The van der Waals surface area contributed by atoms with Crippen LogP contribution in [0.15, 0.2) is 72.8 Å². The highest BCUT2D eigenvalue weighted by atomic mass is 16.5. The molecule has 0 spiro atoms. The van der Waals surface area contributed by atoms with Crippen molar-refractivity contribution >= 4 is 17.8 Å². The summed E-state index contributed by atoms with van der Waals surface area (Å²) in [5, 5.41) is 0. The maximum absolute atomic E-state index is 12.4. The standard InChI is InChI=1S/C24H19NO5/c1-29-18-12-8-17(9-13-18)24(28)30-19-10-6-16(7-11-19)14-15-25-22(26)20-4-2-3-5-21(20)23(25)27/h2-13H,14-15H2,1H3. The van der Waals surface area contributed by atoms with Gasteiger partial charge in [-0.05, 0) is 60.5 Å². The molecule has 1 heterocycles. The Morgan fingerprint density at radius 1 is 0.800 bits per heavy atom. The first-order chi connectivity index (χ1) is 14.6. The Balaban J connectivity index is 1.35. The molecule has 4 rings (SSSR count). The summed E-state index contributed by atoms with van der Waals surface area (Å²) in [6, 6.07) is 20.5. The first kappa shape index (κ1) is 19.4. The number of methoxy groups -OCH3 is 1. The van der Waals surface area contributed by atoms with E-state index in [1.165, 1.54) is 4.90 Å². The zero-order chi connectivity index (χ0) is 21.1. The van der Waals surface area contributed by atoms with Gasteiger partial charge in [0.05, 0.1) is 23.8 Å². The summed E-state index contributed by atoms with van der Waals surface area (Å²) in [6.07, 6.45) is 0.512. The van der Waals surface area contributed by atoms with Gasteiger partial charge >= 0.3 is 5.97 Å². The van der Waals surface area contributed by atoms with Crippen LogP contribution in [0.4, 0.5) is 0 Å². The van der Waals surface area contributed by atoms with Gasteiger partial charge in [-0.2, -0.15) is 0 Å². The Hall–Kier alpha value is -3.93. The number of hydrogen-bond donors (Lipinski definition) is 0. The van der Waals surface area contributed by atoms with Gasteiger partial charge in [-0.15, -0.1) is 0 Å². The first-order valence-electron chi connectivity index (χ1n) is 9.47. The third-order valence-corrected chi connectivity index (χ3v) is 4.96. The van der Waals surface area contributed by atoms with Crippen molar-refractivity contribution in [1.29, 1.82) is 0 Å². The molecule has 1 aliphatic heterocycles. The molecule has 0 unspecified atom stereocenters. The normalized spacial score (nSPS) is 12.6. The molecule has 0 bridgehead atoms. The van der Waals surface area contributed by atoms with Gasteiger partial charge in [-0.3, -0.25) is 14.5 Å². The molecule has 0 aromatic heterocycles. The predicted molar refractivity (Wildman–Crippen MR) is 110 cm³/mol. The van der Waals surface area contributed by atoms with E-state index in [-0.39, 0.29) is 18.4 Å². The highest BCUT2D eigenvalue weighted by Crippen LogP contribution is 2.23. The van der Waals surface area contributed by atoms with Crippen molar-refractivity contribution in [3.8, 4) is 11.5 Å². The SMILES string of the molecule is COc1ccc(C(=O)Oc2ccc(CCN3C(=O)c4ccccc4C3=O)cc2)cc1. The van der Waals surface area contributed by atoms with Crippen LogP contribution in [0.5, 0.6) is 11.5 Å². The summed E-state index contributed by atoms with van der Waals surface area (Å²) >= 11 is 0. The van der Waals surface area contributed by atoms with Gasteiger partial charge in [-0.1, -0.05) is 24.3 Å². The molecule has 3 aromatic carbocycles. The molecule has 150 valence electrons. The molecule has 6 heteroatoms. The second-order valence-corrected chi connectivity index (χ2v) is 6.82. The second kappa shape index (κ2) is 8.21. The van der Waals surface area contributed by atoms with Gasteiger partial charge in [0.2, 0.25) is 0 Å². The summed E-state index contributed by atoms with van der Waals surface area (Å²) in [5.41, 5.74) is 2.24. The van der Waals surface area contributed by atoms with Crippen LogP contribution in [0.2, 0.25) is 0 Å². The van der Waals surface area contributed by atoms with Crippen LogP contribution in [0.25, 0.3) is 0 Å². The molecule has 3 aromatic rings. The minimum absolute atomic E-state index is 0.263. The molecule has 0 fully saturated rings. The Kier molecular flexibility index (Phi) is 5.30. The smallest absolute Gasteiger partial charge is 0.343 e. The molecule has 0 saturated heterocycles. The Morgan fingerprint density at radius 2 is 1.37 bits per heavy atom. The van der Waals surface area contributed by atoms with Gasteiger partial charge in [0.1, 0.15) is 11.5 Å². The van der Waals surface area contributed by atoms with Crippen molar-refractivity contribution in [1.82, 2.24) is 4.90 Å². The number of imide groups is 1. The highest BCUT2D eigenvalue weighted by Gasteiger charge is 2.34. The lowest BCUT2D eigenvalue weighted by molar-refractivity contribution is 0.0654. The summed E-state index contributed by atoms with van der Waals surface area (Å²) in [7, 11) is 1.56. The predicted octanol–water partition coefficient (Wildman–Crippen LogP) is 3.75. The summed E-state index contributed by atoms with van der Waals surface area (Å²) in [6.45, 7) is 0.289. The van der Waals surface area contributed by atoms with Crippen molar-refractivity contribution in [2.75, 3.05) is 13.7 Å². The number of ether oxygens (including phenoxy) is 2. The third-order valence-electron chi connectivity index (χ3n) is 4.96. The number of nitrogens with zero attached hydrogens (tertiary/aromatic N) is 1. The number of hydrogen-bond acceptors (Lipinski definition) is 5. The number of amides is 2. The Morgan fingerprint density at radius 3 is 1.93 bits per heavy atom. The lowest BCUT2D eigenvalue weighted by Gasteiger charge is -2.13. The van der Waals surface area contributed by atoms with E-state index in [4.69, 9.17) is 9.47 Å². The monoisotopic (exact) mass is 401 g/mol. The molecule has 0 saturated carbocycles. The van der Waals surface area contributed by atoms with Crippen molar-refractivity contribution < 1.29 is 23.9 Å². The fraction of sp³-hybridized carbons (Fsp3) is 0.125. The van der Waals surface area contributed by atoms with Crippen molar-refractivity contribution in [2.24, 2.45) is 0 Å². The van der Waals surface area contributed by atoms with E-state index in [9.17, 15) is 14.4 Å². The molecule has 0 aliphatic carbocycles. The Labute approximate surface area is 173 Å². The Bertz CT molecular complexity index is 1070. The van der Waals surface area contributed by atoms with Crippen LogP contribution in [0, 0.1) is 0 Å². The van der Waals surface area contributed by atoms with E-state index >= 15 is 0 Å². The number of rotatable bonds is 6. The molecule has 30 heavy (non-hydrogen) atoms. The minimum Gasteiger partial charge on any atom is -0.497 e. The average Bonchev–Trinajstić information content (AvgIpc) is 3.03. The maximum Gasteiger partial charge on any atom is 0.343 e.